The summed E-state index contributed by atoms with van der Waals surface area (Å²) in [6.45, 7) is 2.37. The van der Waals surface area contributed by atoms with Crippen LogP contribution in [0.15, 0.2) is 24.3 Å². The molecule has 0 aromatic heterocycles. The molecule has 0 bridgehead atoms. The number of unbranched alkanes of at least 4 members (excludes halogenated alkanes) is 6. The number of hydrogen-bond donors (Lipinski definition) is 4. The second-order valence-electron chi connectivity index (χ2n) is 5.61. The Bertz CT molecular complexity index is 423. The van der Waals surface area contributed by atoms with Gasteiger partial charge in [-0.25, -0.2) is 0 Å². The molecule has 5 heteroatoms. The fourth-order valence-electron chi connectivity index (χ4n) is 2.10. The summed E-state index contributed by atoms with van der Waals surface area (Å²) in [5, 5.41) is 26.6. The van der Waals surface area contributed by atoms with E-state index >= 15 is 0 Å². The maximum atomic E-state index is 10.1. The van der Waals surface area contributed by atoms with Crippen LogP contribution < -0.4 is 5.73 Å². The van der Waals surface area contributed by atoms with Crippen LogP contribution in [0.25, 0.3) is 0 Å². The van der Waals surface area contributed by atoms with Gasteiger partial charge in [-0.3, -0.25) is 4.79 Å². The molecule has 1 atom stereocenters. The molecule has 1 rings (SSSR count). The van der Waals surface area contributed by atoms with Crippen LogP contribution in [0.1, 0.15) is 70.0 Å². The Morgan fingerprint density at radius 2 is 1.74 bits per heavy atom. The van der Waals surface area contributed by atoms with Gasteiger partial charge in [-0.15, -0.1) is 0 Å². The Labute approximate surface area is 139 Å². The molecule has 23 heavy (non-hydrogen) atoms. The lowest BCUT2D eigenvalue weighted by atomic mass is 10.1. The van der Waals surface area contributed by atoms with E-state index in [1.165, 1.54) is 38.2 Å². The standard InChI is InChI=1S/C10H20O2.C8H11NO2/c1-2-3-4-5-6-7-8-9-10(11)12;9-5-8(11)6-2-1-3-7(10)4-6/h2-9H2,1H3,(H,11,12);1-4,8,10-11H,5,9H2. The minimum atomic E-state index is -0.679. The largest absolute Gasteiger partial charge is 0.508 e. The van der Waals surface area contributed by atoms with Crippen LogP contribution in [0.5, 0.6) is 5.75 Å². The highest BCUT2D eigenvalue weighted by atomic mass is 16.4. The zero-order valence-corrected chi connectivity index (χ0v) is 14.1. The summed E-state index contributed by atoms with van der Waals surface area (Å²) in [6, 6.07) is 6.44. The van der Waals surface area contributed by atoms with Crippen molar-refractivity contribution in [1.29, 1.82) is 0 Å². The molecule has 0 spiro atoms. The molecule has 0 aliphatic carbocycles. The van der Waals surface area contributed by atoms with Gasteiger partial charge in [-0.05, 0) is 24.1 Å². The van der Waals surface area contributed by atoms with Crippen molar-refractivity contribution >= 4 is 5.97 Å². The highest BCUT2D eigenvalue weighted by molar-refractivity contribution is 5.66. The van der Waals surface area contributed by atoms with Crippen LogP contribution in [-0.2, 0) is 4.79 Å². The number of nitrogens with two attached hydrogens (primary N) is 1. The third-order valence-corrected chi connectivity index (χ3v) is 3.47. The van der Waals surface area contributed by atoms with Gasteiger partial charge in [-0.1, -0.05) is 57.6 Å². The van der Waals surface area contributed by atoms with Crippen molar-refractivity contribution in [3.63, 3.8) is 0 Å². The molecule has 0 radical (unpaired) electrons. The van der Waals surface area contributed by atoms with Crippen LogP contribution in [-0.4, -0.2) is 27.8 Å². The Hall–Kier alpha value is -1.59. The first-order chi connectivity index (χ1) is 11.0. The molecule has 1 unspecified atom stereocenters. The zero-order chi connectivity index (χ0) is 17.5. The lowest BCUT2D eigenvalue weighted by molar-refractivity contribution is -0.137. The highest BCUT2D eigenvalue weighted by Gasteiger charge is 2.03. The Morgan fingerprint density at radius 3 is 2.26 bits per heavy atom. The topological polar surface area (TPSA) is 104 Å². The summed E-state index contributed by atoms with van der Waals surface area (Å²) < 4.78 is 0. The van der Waals surface area contributed by atoms with Crippen molar-refractivity contribution in [3.8, 4) is 5.75 Å². The molecule has 1 aromatic rings. The summed E-state index contributed by atoms with van der Waals surface area (Å²) in [6.07, 6.45) is 7.96. The summed E-state index contributed by atoms with van der Waals surface area (Å²) in [7, 11) is 0. The van der Waals surface area contributed by atoms with E-state index in [4.69, 9.17) is 15.9 Å². The first-order valence-corrected chi connectivity index (χ1v) is 8.40. The quantitative estimate of drug-likeness (QED) is 0.492. The molecular weight excluding hydrogens is 294 g/mol. The molecule has 5 N–H and O–H groups in total. The average molecular weight is 325 g/mol. The summed E-state index contributed by atoms with van der Waals surface area (Å²) in [5.41, 5.74) is 5.87. The van der Waals surface area contributed by atoms with Crippen molar-refractivity contribution < 1.29 is 20.1 Å². The van der Waals surface area contributed by atoms with Crippen LogP contribution in [0, 0.1) is 0 Å². The fraction of sp³-hybridized carbons (Fsp3) is 0.611. The fourth-order valence-corrected chi connectivity index (χ4v) is 2.10. The van der Waals surface area contributed by atoms with E-state index in [0.29, 0.717) is 12.0 Å². The van der Waals surface area contributed by atoms with Crippen LogP contribution in [0.3, 0.4) is 0 Å². The van der Waals surface area contributed by atoms with Gasteiger partial charge in [0.05, 0.1) is 6.10 Å². The second kappa shape index (κ2) is 14.0. The number of carbonyl (C=O) groups is 1. The maximum Gasteiger partial charge on any atom is 0.303 e. The van der Waals surface area contributed by atoms with E-state index in [-0.39, 0.29) is 12.3 Å². The van der Waals surface area contributed by atoms with E-state index in [2.05, 4.69) is 6.92 Å². The SMILES string of the molecule is CCCCCCCCCC(=O)O.NCC(O)c1cccc(O)c1. The molecule has 1 aromatic carbocycles. The number of phenolic OH excluding ortho intramolecular Hbond substituents is 1. The van der Waals surface area contributed by atoms with Crippen molar-refractivity contribution in [2.45, 2.75) is 64.4 Å². The minimum Gasteiger partial charge on any atom is -0.508 e. The molecule has 0 saturated heterocycles. The van der Waals surface area contributed by atoms with Gasteiger partial charge in [0.1, 0.15) is 5.75 Å². The number of carboxylic acids is 1. The summed E-state index contributed by atoms with van der Waals surface area (Å²) in [4.78, 5) is 10.1. The number of hydrogen-bond acceptors (Lipinski definition) is 4. The van der Waals surface area contributed by atoms with Crippen molar-refractivity contribution in [3.05, 3.63) is 29.8 Å². The first-order valence-electron chi connectivity index (χ1n) is 8.40. The van der Waals surface area contributed by atoms with Gasteiger partial charge in [-0.2, -0.15) is 0 Å². The summed E-state index contributed by atoms with van der Waals surface area (Å²) >= 11 is 0. The number of aliphatic hydroxyl groups is 1. The predicted octanol–water partition coefficient (Wildman–Crippen LogP) is 3.60. The Kier molecular flexibility index (Phi) is 13.1. The molecule has 0 heterocycles. The van der Waals surface area contributed by atoms with E-state index < -0.39 is 12.1 Å². The van der Waals surface area contributed by atoms with Gasteiger partial charge in [0.2, 0.25) is 0 Å². The van der Waals surface area contributed by atoms with E-state index in [1.807, 2.05) is 0 Å². The van der Waals surface area contributed by atoms with E-state index in [1.54, 1.807) is 18.2 Å². The normalized spacial score (nSPS) is 11.4. The molecular formula is C18H31NO4. The number of benzene rings is 1. The maximum absolute atomic E-state index is 10.1. The number of aliphatic carboxylic acids is 1. The molecule has 0 aliphatic rings. The second-order valence-corrected chi connectivity index (χ2v) is 5.61. The number of aliphatic hydroxyl groups excluding tert-OH is 1. The lowest BCUT2D eigenvalue weighted by Crippen LogP contribution is -2.11. The Morgan fingerprint density at radius 1 is 1.13 bits per heavy atom. The van der Waals surface area contributed by atoms with Gasteiger partial charge in [0.15, 0.2) is 0 Å². The monoisotopic (exact) mass is 325 g/mol. The van der Waals surface area contributed by atoms with Crippen LogP contribution in [0.4, 0.5) is 0 Å². The minimum absolute atomic E-state index is 0.148. The van der Waals surface area contributed by atoms with Crippen molar-refractivity contribution in [1.82, 2.24) is 0 Å². The molecule has 132 valence electrons. The van der Waals surface area contributed by atoms with Gasteiger partial charge in [0.25, 0.3) is 0 Å². The van der Waals surface area contributed by atoms with Crippen molar-refractivity contribution in [2.75, 3.05) is 6.54 Å². The third-order valence-electron chi connectivity index (χ3n) is 3.47. The smallest absolute Gasteiger partial charge is 0.303 e. The van der Waals surface area contributed by atoms with Gasteiger partial charge in [0, 0.05) is 13.0 Å². The Balaban J connectivity index is 0.000000422. The first kappa shape index (κ1) is 21.4. The highest BCUT2D eigenvalue weighted by Crippen LogP contribution is 2.16. The van der Waals surface area contributed by atoms with Crippen LogP contribution in [0.2, 0.25) is 0 Å². The zero-order valence-electron chi connectivity index (χ0n) is 14.1. The van der Waals surface area contributed by atoms with E-state index in [0.717, 1.165) is 12.8 Å². The molecule has 0 fully saturated rings. The predicted molar refractivity (Wildman–Crippen MR) is 92.4 cm³/mol. The molecule has 0 amide bonds. The molecule has 5 nitrogen and oxygen atoms in total. The third kappa shape index (κ3) is 12.6. The molecule has 0 aliphatic heterocycles. The van der Waals surface area contributed by atoms with Crippen molar-refractivity contribution in [2.24, 2.45) is 5.73 Å². The average Bonchev–Trinajstić information content (AvgIpc) is 2.53. The number of carboxylic acid groups (broad SMARTS) is 1. The number of phenols is 1. The summed E-state index contributed by atoms with van der Waals surface area (Å²) in [5.74, 6) is -0.515. The lowest BCUT2D eigenvalue weighted by Gasteiger charge is -2.06. The number of rotatable bonds is 10. The van der Waals surface area contributed by atoms with Gasteiger partial charge < -0.3 is 21.1 Å². The number of aromatic hydroxyl groups is 1. The van der Waals surface area contributed by atoms with E-state index in [9.17, 15) is 9.90 Å². The van der Waals surface area contributed by atoms with Gasteiger partial charge >= 0.3 is 5.97 Å². The van der Waals surface area contributed by atoms with Crippen LogP contribution >= 0.6 is 0 Å². The molecule has 0 saturated carbocycles.